The minimum Gasteiger partial charge on any atom is -0.497 e. The molecule has 0 unspecified atom stereocenters. The van der Waals surface area contributed by atoms with Gasteiger partial charge >= 0.3 is 5.97 Å². The Morgan fingerprint density at radius 3 is 2.77 bits per heavy atom. The van der Waals surface area contributed by atoms with E-state index in [2.05, 4.69) is 10.1 Å². The zero-order valence-corrected chi connectivity index (χ0v) is 18.2. The number of hydrogen-bond donors (Lipinski definition) is 1. The molecule has 1 saturated heterocycles. The van der Waals surface area contributed by atoms with Gasteiger partial charge in [0.1, 0.15) is 18.1 Å². The molecule has 0 saturated carbocycles. The molecule has 0 spiro atoms. The lowest BCUT2D eigenvalue weighted by molar-refractivity contribution is -0.143. The van der Waals surface area contributed by atoms with Crippen LogP contribution < -0.4 is 4.74 Å². The normalized spacial score (nSPS) is 17.1. The van der Waals surface area contributed by atoms with E-state index in [0.717, 1.165) is 47.5 Å². The van der Waals surface area contributed by atoms with E-state index in [-0.39, 0.29) is 18.3 Å². The number of rotatable bonds is 8. The first-order chi connectivity index (χ1) is 14.1. The Balaban J connectivity index is 0.00000320. The lowest BCUT2D eigenvalue weighted by Gasteiger charge is -2.30. The molecule has 1 heterocycles. The molecular weight excluding hydrogens is 404 g/mol. The van der Waals surface area contributed by atoms with Crippen molar-refractivity contribution in [2.24, 2.45) is 11.1 Å². The number of aliphatic carboxylic acids is 1. The van der Waals surface area contributed by atoms with E-state index < -0.39 is 5.97 Å². The van der Waals surface area contributed by atoms with Crippen LogP contribution in [0.1, 0.15) is 29.5 Å². The number of methoxy groups -OCH3 is 1. The van der Waals surface area contributed by atoms with Crippen molar-refractivity contribution in [1.29, 1.82) is 0 Å². The summed E-state index contributed by atoms with van der Waals surface area (Å²) in [5.41, 5.74) is 3.79. The van der Waals surface area contributed by atoms with Crippen LogP contribution in [0.2, 0.25) is 0 Å². The Hall–Kier alpha value is -2.57. The molecule has 7 heteroatoms. The first kappa shape index (κ1) is 23.7. The molecule has 0 bridgehead atoms. The van der Waals surface area contributed by atoms with Gasteiger partial charge in [-0.3, -0.25) is 9.69 Å². The van der Waals surface area contributed by atoms with Gasteiger partial charge in [-0.1, -0.05) is 41.6 Å². The number of halogens is 1. The molecule has 2 aromatic carbocycles. The summed E-state index contributed by atoms with van der Waals surface area (Å²) in [6.45, 7) is 4.59. The van der Waals surface area contributed by atoms with Crippen molar-refractivity contribution in [3.63, 3.8) is 0 Å². The monoisotopic (exact) mass is 432 g/mol. The highest BCUT2D eigenvalue weighted by atomic mass is 35.5. The highest BCUT2D eigenvalue weighted by Crippen LogP contribution is 2.20. The van der Waals surface area contributed by atoms with Gasteiger partial charge in [-0.25, -0.2) is 0 Å². The van der Waals surface area contributed by atoms with E-state index in [1.807, 2.05) is 55.5 Å². The predicted octanol–water partition coefficient (Wildman–Crippen LogP) is 3.99. The van der Waals surface area contributed by atoms with Gasteiger partial charge in [-0.05, 0) is 44.0 Å². The number of oxime groups is 1. The Kier molecular flexibility index (Phi) is 9.15. The van der Waals surface area contributed by atoms with Crippen LogP contribution in [0.5, 0.6) is 5.75 Å². The third kappa shape index (κ3) is 6.21. The highest BCUT2D eigenvalue weighted by molar-refractivity contribution is 6.13. The second-order valence-corrected chi connectivity index (χ2v) is 7.30. The number of hydrogen-bond acceptors (Lipinski definition) is 5. The molecule has 1 N–H and O–H groups in total. The number of carboxylic acids is 1. The zero-order valence-electron chi connectivity index (χ0n) is 17.4. The molecule has 0 aromatic heterocycles. The largest absolute Gasteiger partial charge is 0.497 e. The summed E-state index contributed by atoms with van der Waals surface area (Å²) < 4.78 is 5.36. The van der Waals surface area contributed by atoms with Gasteiger partial charge in [0.15, 0.2) is 0 Å². The van der Waals surface area contributed by atoms with Crippen LogP contribution in [0.3, 0.4) is 0 Å². The molecule has 6 nitrogen and oxygen atoms in total. The topological polar surface area (TPSA) is 71.4 Å². The highest BCUT2D eigenvalue weighted by Gasteiger charge is 2.25. The maximum Gasteiger partial charge on any atom is 0.307 e. The number of carboxylic acid groups (broad SMARTS) is 1. The Morgan fingerprint density at radius 1 is 1.23 bits per heavy atom. The maximum absolute atomic E-state index is 11.2. The molecule has 1 atom stereocenters. The fraction of sp³-hybridized carbons (Fsp3) is 0.391. The van der Waals surface area contributed by atoms with Gasteiger partial charge in [0.05, 0.1) is 13.0 Å². The fourth-order valence-corrected chi connectivity index (χ4v) is 3.61. The van der Waals surface area contributed by atoms with Crippen molar-refractivity contribution in [2.75, 3.05) is 33.4 Å². The van der Waals surface area contributed by atoms with E-state index in [0.29, 0.717) is 19.7 Å². The van der Waals surface area contributed by atoms with Gasteiger partial charge in [0.2, 0.25) is 0 Å². The molecule has 1 fully saturated rings. The van der Waals surface area contributed by atoms with Crippen molar-refractivity contribution in [3.8, 4) is 5.75 Å². The molecule has 1 aliphatic heterocycles. The molecule has 3 rings (SSSR count). The maximum atomic E-state index is 11.2. The predicted molar refractivity (Wildman–Crippen MR) is 120 cm³/mol. The van der Waals surface area contributed by atoms with Crippen molar-refractivity contribution < 1.29 is 19.5 Å². The van der Waals surface area contributed by atoms with Crippen molar-refractivity contribution in [1.82, 2.24) is 4.90 Å². The number of likely N-dealkylation sites (tertiary alicyclic amines) is 1. The molecule has 30 heavy (non-hydrogen) atoms. The van der Waals surface area contributed by atoms with Crippen LogP contribution in [-0.2, 0) is 9.63 Å². The number of ether oxygens (including phenoxy) is 1. The Bertz CT molecular complexity index is 872. The van der Waals surface area contributed by atoms with Crippen LogP contribution in [0, 0.1) is 12.8 Å². The lowest BCUT2D eigenvalue weighted by Crippen LogP contribution is -2.40. The quantitative estimate of drug-likeness (QED) is 0.388. The summed E-state index contributed by atoms with van der Waals surface area (Å²) in [6.07, 6.45) is 1.65. The number of carbonyl (C=O) groups is 1. The number of piperidine rings is 1. The van der Waals surface area contributed by atoms with Crippen molar-refractivity contribution in [2.45, 2.75) is 19.8 Å². The van der Waals surface area contributed by atoms with E-state index in [1.54, 1.807) is 7.11 Å². The van der Waals surface area contributed by atoms with Crippen LogP contribution in [0.15, 0.2) is 53.7 Å². The summed E-state index contributed by atoms with van der Waals surface area (Å²) in [5.74, 6) is -0.239. The number of nitrogens with zero attached hydrogens (tertiary/aromatic N) is 2. The van der Waals surface area contributed by atoms with E-state index in [9.17, 15) is 9.90 Å². The number of aryl methyl sites for hydroxylation is 1. The number of benzene rings is 2. The molecule has 0 aliphatic carbocycles. The summed E-state index contributed by atoms with van der Waals surface area (Å²) >= 11 is 0. The van der Waals surface area contributed by atoms with Gasteiger partial charge in [0.25, 0.3) is 0 Å². The standard InChI is InChI=1S/C23H28N2O4.ClH/c1-17-7-3-4-11-21(17)22(18-8-5-10-20(15-18)28-2)24-29-14-13-25-12-6-9-19(16-25)23(26)27;/h3-5,7-8,10-11,15,19H,6,9,12-14,16H2,1-2H3,(H,26,27);1H/t19-;/m1./s1. The summed E-state index contributed by atoms with van der Waals surface area (Å²) in [4.78, 5) is 19.1. The van der Waals surface area contributed by atoms with Gasteiger partial charge in [-0.2, -0.15) is 0 Å². The third-order valence-electron chi connectivity index (χ3n) is 5.25. The van der Waals surface area contributed by atoms with Crippen molar-refractivity contribution >= 4 is 24.1 Å². The summed E-state index contributed by atoms with van der Waals surface area (Å²) in [6, 6.07) is 15.8. The lowest BCUT2D eigenvalue weighted by atomic mass is 9.98. The minimum atomic E-state index is -0.714. The van der Waals surface area contributed by atoms with E-state index >= 15 is 0 Å². The van der Waals surface area contributed by atoms with Crippen LogP contribution in [-0.4, -0.2) is 55.0 Å². The van der Waals surface area contributed by atoms with Crippen molar-refractivity contribution in [3.05, 3.63) is 65.2 Å². The van der Waals surface area contributed by atoms with Gasteiger partial charge in [0, 0.05) is 24.2 Å². The van der Waals surface area contributed by atoms with Crippen LogP contribution in [0.4, 0.5) is 0 Å². The molecule has 1 aliphatic rings. The Morgan fingerprint density at radius 2 is 2.03 bits per heavy atom. The van der Waals surface area contributed by atoms with Gasteiger partial charge < -0.3 is 14.7 Å². The first-order valence-corrected chi connectivity index (χ1v) is 9.94. The average molecular weight is 433 g/mol. The first-order valence-electron chi connectivity index (χ1n) is 9.94. The van der Waals surface area contributed by atoms with Crippen LogP contribution >= 0.6 is 12.4 Å². The van der Waals surface area contributed by atoms with E-state index in [1.165, 1.54) is 0 Å². The SMILES string of the molecule is COc1cccc(C(=NOCCN2CCC[C@@H](C(=O)O)C2)c2ccccc2C)c1.Cl. The second kappa shape index (κ2) is 11.6. The Labute approximate surface area is 183 Å². The molecule has 0 radical (unpaired) electrons. The fourth-order valence-electron chi connectivity index (χ4n) is 3.61. The van der Waals surface area contributed by atoms with Crippen LogP contribution in [0.25, 0.3) is 0 Å². The minimum absolute atomic E-state index is 0. The molecule has 162 valence electrons. The average Bonchev–Trinajstić information content (AvgIpc) is 2.75. The third-order valence-corrected chi connectivity index (χ3v) is 5.25. The smallest absolute Gasteiger partial charge is 0.307 e. The zero-order chi connectivity index (χ0) is 20.6. The molecule has 2 aromatic rings. The molecule has 0 amide bonds. The summed E-state index contributed by atoms with van der Waals surface area (Å²) in [7, 11) is 1.64. The van der Waals surface area contributed by atoms with E-state index in [4.69, 9.17) is 9.57 Å². The summed E-state index contributed by atoms with van der Waals surface area (Å²) in [5, 5.41) is 13.7. The van der Waals surface area contributed by atoms with Gasteiger partial charge in [-0.15, -0.1) is 12.4 Å². The second-order valence-electron chi connectivity index (χ2n) is 7.30. The molecular formula is C23H29ClN2O4.